The summed E-state index contributed by atoms with van der Waals surface area (Å²) in [5.41, 5.74) is 4.29. The first kappa shape index (κ1) is 18.9. The molecule has 6 nitrogen and oxygen atoms in total. The lowest BCUT2D eigenvalue weighted by atomic mass is 10.1. The molecule has 0 spiro atoms. The maximum absolute atomic E-state index is 5.66. The molecule has 2 heterocycles. The number of aryl methyl sites for hydroxylation is 2. The molecule has 0 bridgehead atoms. The number of fused-ring (bicyclic) bond motifs is 1. The third kappa shape index (κ3) is 3.39. The van der Waals surface area contributed by atoms with Gasteiger partial charge in [0.15, 0.2) is 0 Å². The van der Waals surface area contributed by atoms with Gasteiger partial charge in [0.1, 0.15) is 5.01 Å². The summed E-state index contributed by atoms with van der Waals surface area (Å²) in [5, 5.41) is 9.69. The van der Waals surface area contributed by atoms with Crippen LogP contribution in [-0.2, 0) is 6.67 Å². The van der Waals surface area contributed by atoms with Gasteiger partial charge in [-0.2, -0.15) is 4.68 Å². The zero-order chi connectivity index (χ0) is 19.8. The van der Waals surface area contributed by atoms with Crippen LogP contribution in [0.5, 0.6) is 0 Å². The third-order valence-electron chi connectivity index (χ3n) is 4.98. The van der Waals surface area contributed by atoms with Gasteiger partial charge in [-0.1, -0.05) is 30.3 Å². The normalized spacial score (nSPS) is 12.8. The Labute approximate surface area is 173 Å². The van der Waals surface area contributed by atoms with Crippen molar-refractivity contribution in [2.45, 2.75) is 33.5 Å². The Kier molecular flexibility index (Phi) is 5.09. The van der Waals surface area contributed by atoms with Crippen LogP contribution < -0.4 is 0 Å². The van der Waals surface area contributed by atoms with Crippen LogP contribution in [0.3, 0.4) is 0 Å². The highest BCUT2D eigenvalue weighted by molar-refractivity contribution is 7.71. The summed E-state index contributed by atoms with van der Waals surface area (Å²) in [6, 6.07) is 14.5. The lowest BCUT2D eigenvalue weighted by Gasteiger charge is -2.22. The molecule has 0 radical (unpaired) electrons. The van der Waals surface area contributed by atoms with E-state index in [4.69, 9.17) is 17.2 Å². The Morgan fingerprint density at radius 1 is 1.07 bits per heavy atom. The highest BCUT2D eigenvalue weighted by Crippen LogP contribution is 2.29. The van der Waals surface area contributed by atoms with Crippen molar-refractivity contribution in [2.75, 3.05) is 7.05 Å². The molecule has 0 aliphatic heterocycles. The van der Waals surface area contributed by atoms with Crippen LogP contribution >= 0.6 is 23.6 Å². The number of hydrogen-bond donors (Lipinski definition) is 0. The molecule has 1 atom stereocenters. The molecule has 144 valence electrons. The number of thiazole rings is 1. The minimum Gasteiger partial charge on any atom is -0.278 e. The maximum Gasteiger partial charge on any atom is 0.221 e. The molecule has 0 N–H and O–H groups in total. The topological polar surface area (TPSA) is 51.8 Å². The highest BCUT2D eigenvalue weighted by Gasteiger charge is 2.18. The van der Waals surface area contributed by atoms with E-state index in [-0.39, 0.29) is 6.04 Å². The fourth-order valence-electron chi connectivity index (χ4n) is 3.23. The Morgan fingerprint density at radius 2 is 1.79 bits per heavy atom. The largest absolute Gasteiger partial charge is 0.278 e. The number of aromatic nitrogens is 5. The van der Waals surface area contributed by atoms with Crippen molar-refractivity contribution < 1.29 is 0 Å². The summed E-state index contributed by atoms with van der Waals surface area (Å²) in [7, 11) is 2.05. The van der Waals surface area contributed by atoms with E-state index in [1.807, 2.05) is 24.3 Å². The summed E-state index contributed by atoms with van der Waals surface area (Å²) in [6.45, 7) is 6.81. The summed E-state index contributed by atoms with van der Waals surface area (Å²) in [4.78, 5) is 6.95. The zero-order valence-corrected chi connectivity index (χ0v) is 18.0. The first-order valence-electron chi connectivity index (χ1n) is 9.11. The van der Waals surface area contributed by atoms with E-state index in [0.717, 1.165) is 27.3 Å². The molecule has 0 aliphatic carbocycles. The lowest BCUT2D eigenvalue weighted by molar-refractivity contribution is 0.193. The molecule has 0 saturated heterocycles. The predicted molar refractivity (Wildman–Crippen MR) is 115 cm³/mol. The molecule has 0 saturated carbocycles. The molecule has 0 amide bonds. The number of nitrogens with zero attached hydrogens (tertiary/aromatic N) is 6. The van der Waals surface area contributed by atoms with Crippen LogP contribution in [-0.4, -0.2) is 36.7 Å². The van der Waals surface area contributed by atoms with Crippen LogP contribution in [0.2, 0.25) is 0 Å². The van der Waals surface area contributed by atoms with Gasteiger partial charge in [0.2, 0.25) is 4.77 Å². The SMILES string of the molecule is Cc1cccc(C)c1-n1nnn(CN(C)[C@H](C)c2nc3ccccc3s2)c1=S. The molecule has 0 unspecified atom stereocenters. The van der Waals surface area contributed by atoms with Gasteiger partial charge in [-0.25, -0.2) is 9.67 Å². The van der Waals surface area contributed by atoms with Crippen molar-refractivity contribution in [3.8, 4) is 5.69 Å². The first-order chi connectivity index (χ1) is 13.5. The standard InChI is InChI=1S/C20H22N6S2/c1-13-8-7-9-14(2)18(13)26-20(27)25(22-23-26)12-24(4)15(3)19-21-16-10-5-6-11-17(16)28-19/h5-11,15H,12H2,1-4H3/t15-/m1/s1. The molecule has 4 aromatic rings. The Bertz CT molecular complexity index is 1140. The Hall–Kier alpha value is -2.42. The second-order valence-electron chi connectivity index (χ2n) is 7.01. The Morgan fingerprint density at radius 3 is 2.50 bits per heavy atom. The molecular formula is C20H22N6S2. The summed E-state index contributed by atoms with van der Waals surface area (Å²) >= 11 is 7.39. The quantitative estimate of drug-likeness (QED) is 0.447. The highest BCUT2D eigenvalue weighted by atomic mass is 32.1. The van der Waals surface area contributed by atoms with Gasteiger partial charge >= 0.3 is 0 Å². The average molecular weight is 411 g/mol. The third-order valence-corrected chi connectivity index (χ3v) is 6.57. The second-order valence-corrected chi connectivity index (χ2v) is 8.43. The lowest BCUT2D eigenvalue weighted by Crippen LogP contribution is -2.26. The Balaban J connectivity index is 1.59. The van der Waals surface area contributed by atoms with Gasteiger partial charge in [0.25, 0.3) is 0 Å². The van der Waals surface area contributed by atoms with E-state index < -0.39 is 0 Å². The van der Waals surface area contributed by atoms with Gasteiger partial charge in [0, 0.05) is 0 Å². The van der Waals surface area contributed by atoms with E-state index in [2.05, 4.69) is 61.3 Å². The average Bonchev–Trinajstić information content (AvgIpc) is 3.26. The minimum atomic E-state index is 0.143. The van der Waals surface area contributed by atoms with Crippen LogP contribution in [0.15, 0.2) is 42.5 Å². The molecule has 28 heavy (non-hydrogen) atoms. The van der Waals surface area contributed by atoms with E-state index >= 15 is 0 Å². The van der Waals surface area contributed by atoms with E-state index in [1.54, 1.807) is 20.7 Å². The van der Waals surface area contributed by atoms with Crippen LogP contribution in [0.4, 0.5) is 0 Å². The summed E-state index contributed by atoms with van der Waals surface area (Å²) < 4.78 is 5.29. The smallest absolute Gasteiger partial charge is 0.221 e. The zero-order valence-electron chi connectivity index (χ0n) is 16.3. The predicted octanol–water partition coefficient (Wildman–Crippen LogP) is 4.68. The van der Waals surface area contributed by atoms with E-state index in [9.17, 15) is 0 Å². The van der Waals surface area contributed by atoms with Gasteiger partial charge in [-0.05, 0) is 73.7 Å². The maximum atomic E-state index is 5.66. The summed E-state index contributed by atoms with van der Waals surface area (Å²) in [5.74, 6) is 0. The van der Waals surface area contributed by atoms with Crippen LogP contribution in [0.1, 0.15) is 29.1 Å². The molecular weight excluding hydrogens is 388 g/mol. The fourth-order valence-corrected chi connectivity index (χ4v) is 4.54. The molecule has 0 aliphatic rings. The molecule has 8 heteroatoms. The van der Waals surface area contributed by atoms with Crippen molar-refractivity contribution in [1.29, 1.82) is 0 Å². The van der Waals surface area contributed by atoms with Crippen molar-refractivity contribution in [1.82, 2.24) is 29.7 Å². The second kappa shape index (κ2) is 7.54. The number of hydrogen-bond acceptors (Lipinski definition) is 6. The van der Waals surface area contributed by atoms with Gasteiger partial charge in [-0.15, -0.1) is 11.3 Å². The van der Waals surface area contributed by atoms with Gasteiger partial charge in [0.05, 0.1) is 28.6 Å². The van der Waals surface area contributed by atoms with Gasteiger partial charge < -0.3 is 0 Å². The minimum absolute atomic E-state index is 0.143. The number of benzene rings is 2. The van der Waals surface area contributed by atoms with E-state index in [0.29, 0.717) is 11.4 Å². The van der Waals surface area contributed by atoms with Crippen molar-refractivity contribution in [2.24, 2.45) is 0 Å². The van der Waals surface area contributed by atoms with Crippen molar-refractivity contribution >= 4 is 33.8 Å². The molecule has 4 rings (SSSR count). The first-order valence-corrected chi connectivity index (χ1v) is 10.3. The monoisotopic (exact) mass is 410 g/mol. The van der Waals surface area contributed by atoms with Crippen molar-refractivity contribution in [3.05, 3.63) is 63.4 Å². The number of tetrazole rings is 1. The van der Waals surface area contributed by atoms with Crippen molar-refractivity contribution in [3.63, 3.8) is 0 Å². The number of rotatable bonds is 5. The van der Waals surface area contributed by atoms with Crippen LogP contribution in [0, 0.1) is 18.6 Å². The van der Waals surface area contributed by atoms with Gasteiger partial charge in [-0.3, -0.25) is 4.90 Å². The fraction of sp³-hybridized carbons (Fsp3) is 0.300. The summed E-state index contributed by atoms with van der Waals surface area (Å²) in [6.07, 6.45) is 0. The molecule has 0 fully saturated rings. The van der Waals surface area contributed by atoms with E-state index in [1.165, 1.54) is 4.70 Å². The van der Waals surface area contributed by atoms with Crippen LogP contribution in [0.25, 0.3) is 15.9 Å². The molecule has 2 aromatic carbocycles. The number of para-hydroxylation sites is 2. The molecule has 2 aromatic heterocycles.